The topological polar surface area (TPSA) is 169 Å². The predicted octanol–water partition coefficient (Wildman–Crippen LogP) is 16.1. The van der Waals surface area contributed by atoms with Crippen LogP contribution in [0.15, 0.2) is 69.6 Å². The number of nitrogens with zero attached hydrogens (tertiary/aromatic N) is 4. The number of benzene rings is 2. The molecule has 3 rings (SSSR count). The summed E-state index contributed by atoms with van der Waals surface area (Å²) in [7, 11) is 0. The Kier molecular flexibility index (Phi) is 31.4. The van der Waals surface area contributed by atoms with Gasteiger partial charge in [-0.15, -0.1) is 10.2 Å². The lowest BCUT2D eigenvalue weighted by atomic mass is 9.78. The second-order valence-corrected chi connectivity index (χ2v) is 19.2. The van der Waals surface area contributed by atoms with Crippen molar-refractivity contribution in [2.45, 2.75) is 220 Å². The van der Waals surface area contributed by atoms with Crippen molar-refractivity contribution in [1.82, 2.24) is 4.57 Å². The first kappa shape index (κ1) is 58.5. The number of carbonyl (C=O) groups is 2. The van der Waals surface area contributed by atoms with Crippen LogP contribution in [0.3, 0.4) is 0 Å². The lowest BCUT2D eigenvalue weighted by Gasteiger charge is -2.28. The molecule has 3 aromatic rings. The molecule has 0 saturated carbocycles. The highest BCUT2D eigenvalue weighted by Gasteiger charge is 2.22. The number of aromatic hydroxyl groups is 1. The summed E-state index contributed by atoms with van der Waals surface area (Å²) in [6, 6.07) is 17.8. The van der Waals surface area contributed by atoms with E-state index in [1.165, 1.54) is 167 Å². The highest BCUT2D eigenvalue weighted by molar-refractivity contribution is 5.94. The monoisotopic (exact) mass is 952 g/mol. The molecule has 0 amide bonds. The van der Waals surface area contributed by atoms with E-state index in [1.807, 2.05) is 24.3 Å². The molecule has 0 spiro atoms. The number of azo groups is 1. The number of unbranched alkanes of at least 4 members (excludes halogenated alkanes) is 22. The number of esters is 2. The smallest absolute Gasteiger partial charge is 0.340 e. The molecule has 69 heavy (non-hydrogen) atoms. The zero-order valence-corrected chi connectivity index (χ0v) is 43.0. The number of ether oxygens (including phenoxy) is 2. The van der Waals surface area contributed by atoms with Gasteiger partial charge in [-0.2, -0.15) is 5.26 Å². The van der Waals surface area contributed by atoms with Crippen molar-refractivity contribution >= 4 is 23.3 Å². The minimum Gasteiger partial charge on any atom is -0.493 e. The van der Waals surface area contributed by atoms with Gasteiger partial charge in [0.25, 0.3) is 5.56 Å². The van der Waals surface area contributed by atoms with Gasteiger partial charge >= 0.3 is 11.9 Å². The molecule has 382 valence electrons. The Hall–Kier alpha value is -4.82. The number of hydrogen-bond donors (Lipinski definition) is 2. The fourth-order valence-electron chi connectivity index (χ4n) is 9.52. The number of pyridine rings is 1. The van der Waals surface area contributed by atoms with Crippen molar-refractivity contribution in [3.63, 3.8) is 0 Å². The molecule has 1 heterocycles. The third-order valence-electron chi connectivity index (χ3n) is 13.8. The van der Waals surface area contributed by atoms with Gasteiger partial charge < -0.3 is 20.3 Å². The Labute approximate surface area is 416 Å². The maximum atomic E-state index is 13.1. The van der Waals surface area contributed by atoms with E-state index in [2.05, 4.69) is 24.1 Å². The van der Waals surface area contributed by atoms with Gasteiger partial charge in [0, 0.05) is 5.56 Å². The fourth-order valence-corrected chi connectivity index (χ4v) is 9.52. The fraction of sp³-hybridized carbons (Fsp3) is 0.655. The molecule has 1 aromatic heterocycles. The molecular weight excluding hydrogens is 863 g/mol. The average Bonchev–Trinajstić information content (AvgIpc) is 3.36. The normalized spacial score (nSPS) is 12.3. The number of nitrogens with two attached hydrogens (primary N) is 1. The van der Waals surface area contributed by atoms with Gasteiger partial charge in [0.15, 0.2) is 5.69 Å². The largest absolute Gasteiger partial charge is 0.493 e. The van der Waals surface area contributed by atoms with E-state index in [4.69, 9.17) is 15.2 Å². The third-order valence-corrected chi connectivity index (χ3v) is 13.8. The highest BCUT2D eigenvalue weighted by atomic mass is 16.5. The van der Waals surface area contributed by atoms with Crippen molar-refractivity contribution in [2.75, 3.05) is 13.2 Å². The number of nitriles is 1. The van der Waals surface area contributed by atoms with E-state index in [1.54, 1.807) is 36.4 Å². The summed E-state index contributed by atoms with van der Waals surface area (Å²) in [4.78, 5) is 38.3. The van der Waals surface area contributed by atoms with E-state index in [-0.39, 0.29) is 40.7 Å². The Morgan fingerprint density at radius 1 is 0.609 bits per heavy atom. The van der Waals surface area contributed by atoms with E-state index in [0.29, 0.717) is 18.8 Å². The van der Waals surface area contributed by atoms with Crippen LogP contribution in [0.5, 0.6) is 5.88 Å². The Morgan fingerprint density at radius 3 is 1.49 bits per heavy atom. The van der Waals surface area contributed by atoms with Crippen molar-refractivity contribution in [3.05, 3.63) is 87.2 Å². The van der Waals surface area contributed by atoms with Gasteiger partial charge in [0.05, 0.1) is 31.0 Å². The van der Waals surface area contributed by atoms with Crippen LogP contribution < -0.4 is 11.3 Å². The lowest BCUT2D eigenvalue weighted by Crippen LogP contribution is -2.25. The van der Waals surface area contributed by atoms with E-state index >= 15 is 0 Å². The standard InChI is InChI=1S/C58H89N5O6/c1-4-6-8-10-12-18-25-35-48(37-27-20-14-16-22-33-43-68-57(66)50-39-29-24-30-40-50)49(36-26-19-13-11-9-7-5-2)38-28-21-15-17-23-34-44-69-58(67)51-41-31-32-42-53(51)61-62-54-47(3)52(45-59)55(64)63(46-60)56(54)65/h24,29-32,39-42,48-49,64H,4-23,25-28,33-38,43-44,46,60H2,1-3H3. The molecule has 0 bridgehead atoms. The molecule has 0 saturated heterocycles. The SMILES string of the molecule is CCCCCCCCCC(CCCCCCCCOC(=O)c1ccccc1)C(CCCCCCCCC)CCCCCCCCOC(=O)c1ccccc1N=Nc1c(C)c(C#N)c(O)n(CN)c1=O. The predicted molar refractivity (Wildman–Crippen MR) is 280 cm³/mol. The van der Waals surface area contributed by atoms with Gasteiger partial charge in [-0.05, 0) is 55.9 Å². The lowest BCUT2D eigenvalue weighted by molar-refractivity contribution is 0.0489. The summed E-state index contributed by atoms with van der Waals surface area (Å²) in [5.41, 5.74) is 5.96. The van der Waals surface area contributed by atoms with Crippen LogP contribution in [0, 0.1) is 30.1 Å². The molecule has 11 heteroatoms. The first-order valence-electron chi connectivity index (χ1n) is 27.2. The Balaban J connectivity index is 1.46. The summed E-state index contributed by atoms with van der Waals surface area (Å²) in [6.07, 6.45) is 38.2. The minimum atomic E-state index is -0.686. The van der Waals surface area contributed by atoms with Gasteiger partial charge in [0.2, 0.25) is 5.88 Å². The maximum absolute atomic E-state index is 13.1. The second-order valence-electron chi connectivity index (χ2n) is 19.2. The molecule has 2 aromatic carbocycles. The summed E-state index contributed by atoms with van der Waals surface area (Å²) in [5, 5.41) is 28.1. The molecule has 0 aliphatic heterocycles. The first-order valence-corrected chi connectivity index (χ1v) is 27.2. The van der Waals surface area contributed by atoms with E-state index in [0.717, 1.165) is 48.5 Å². The van der Waals surface area contributed by atoms with Crippen molar-refractivity contribution < 1.29 is 24.2 Å². The first-order chi connectivity index (χ1) is 33.8. The maximum Gasteiger partial charge on any atom is 0.340 e. The van der Waals surface area contributed by atoms with Crippen LogP contribution in [-0.4, -0.2) is 34.8 Å². The zero-order chi connectivity index (χ0) is 49.7. The van der Waals surface area contributed by atoms with E-state index in [9.17, 15) is 24.8 Å². The molecule has 0 aliphatic rings. The molecule has 2 atom stereocenters. The number of hydrogen-bond acceptors (Lipinski definition) is 10. The summed E-state index contributed by atoms with van der Waals surface area (Å²) in [6.45, 7) is 6.55. The number of rotatable bonds is 40. The van der Waals surface area contributed by atoms with Gasteiger partial charge in [-0.3, -0.25) is 9.36 Å². The zero-order valence-electron chi connectivity index (χ0n) is 43.0. The van der Waals surface area contributed by atoms with E-state index < -0.39 is 17.4 Å². The third kappa shape index (κ3) is 23.1. The average molecular weight is 952 g/mol. The molecule has 2 unspecified atom stereocenters. The van der Waals surface area contributed by atoms with Gasteiger partial charge in [-0.25, -0.2) is 9.59 Å². The van der Waals surface area contributed by atoms with Crippen LogP contribution in [0.25, 0.3) is 0 Å². The molecular formula is C58H89N5O6. The number of carbonyl (C=O) groups excluding carboxylic acids is 2. The van der Waals surface area contributed by atoms with Crippen LogP contribution in [0.4, 0.5) is 11.4 Å². The minimum absolute atomic E-state index is 0.115. The number of aromatic nitrogens is 1. The molecule has 0 radical (unpaired) electrons. The van der Waals surface area contributed by atoms with Crippen LogP contribution in [0.2, 0.25) is 0 Å². The van der Waals surface area contributed by atoms with Crippen molar-refractivity contribution in [1.29, 1.82) is 5.26 Å². The molecule has 11 nitrogen and oxygen atoms in total. The van der Waals surface area contributed by atoms with Crippen LogP contribution >= 0.6 is 0 Å². The van der Waals surface area contributed by atoms with Crippen LogP contribution in [-0.2, 0) is 16.1 Å². The summed E-state index contributed by atoms with van der Waals surface area (Å²) >= 11 is 0. The Morgan fingerprint density at radius 2 is 1.03 bits per heavy atom. The van der Waals surface area contributed by atoms with Gasteiger partial charge in [0.1, 0.15) is 17.3 Å². The van der Waals surface area contributed by atoms with Gasteiger partial charge in [-0.1, -0.05) is 224 Å². The second kappa shape index (κ2) is 37.1. The van der Waals surface area contributed by atoms with Crippen molar-refractivity contribution in [3.8, 4) is 11.9 Å². The molecule has 3 N–H and O–H groups in total. The summed E-state index contributed by atoms with van der Waals surface area (Å²) < 4.78 is 12.0. The quantitative estimate of drug-likeness (QED) is 0.0322. The molecule has 0 aliphatic carbocycles. The summed E-state index contributed by atoms with van der Waals surface area (Å²) in [5.74, 6) is 0.376. The Bertz CT molecular complexity index is 1990. The van der Waals surface area contributed by atoms with Crippen LogP contribution in [0.1, 0.15) is 238 Å². The highest BCUT2D eigenvalue weighted by Crippen LogP contribution is 2.34. The van der Waals surface area contributed by atoms with Crippen molar-refractivity contribution in [2.24, 2.45) is 27.8 Å². The molecule has 0 fully saturated rings.